The van der Waals surface area contributed by atoms with Gasteiger partial charge in [0, 0.05) is 25.7 Å². The molecule has 3 saturated heterocycles. The largest absolute Gasteiger partial charge is 0.445 e. The zero-order valence-electron chi connectivity index (χ0n) is 19.5. The zero-order valence-corrected chi connectivity index (χ0v) is 20.3. The molecule has 0 radical (unpaired) electrons. The Balaban J connectivity index is 1.17. The predicted molar refractivity (Wildman–Crippen MR) is 128 cm³/mol. The van der Waals surface area contributed by atoms with Crippen molar-refractivity contribution in [3.63, 3.8) is 0 Å². The molecule has 33 heavy (non-hydrogen) atoms. The summed E-state index contributed by atoms with van der Waals surface area (Å²) in [4.78, 5) is 14.6. The molecular formula is C24H38N4O4S. The fraction of sp³-hybridized carbons (Fsp3) is 0.708. The van der Waals surface area contributed by atoms with Crippen molar-refractivity contribution in [2.75, 3.05) is 45.8 Å². The topological polar surface area (TPSA) is 91.0 Å². The molecule has 1 aromatic carbocycles. The van der Waals surface area contributed by atoms with Crippen molar-refractivity contribution in [3.05, 3.63) is 35.9 Å². The first-order valence-electron chi connectivity index (χ1n) is 12.4. The smallest absolute Gasteiger partial charge is 0.407 e. The number of ether oxygens (including phenoxy) is 1. The normalized spacial score (nSPS) is 22.8. The van der Waals surface area contributed by atoms with E-state index in [9.17, 15) is 13.2 Å². The highest BCUT2D eigenvalue weighted by Gasteiger charge is 2.37. The number of amides is 1. The van der Waals surface area contributed by atoms with Crippen LogP contribution >= 0.6 is 0 Å². The van der Waals surface area contributed by atoms with Gasteiger partial charge in [-0.2, -0.15) is 0 Å². The average molecular weight is 479 g/mol. The van der Waals surface area contributed by atoms with E-state index in [1.807, 2.05) is 30.3 Å². The van der Waals surface area contributed by atoms with E-state index in [0.29, 0.717) is 25.9 Å². The van der Waals surface area contributed by atoms with Crippen LogP contribution in [0.4, 0.5) is 4.79 Å². The van der Waals surface area contributed by atoms with Crippen molar-refractivity contribution in [3.8, 4) is 0 Å². The molecule has 0 atom stereocenters. The number of nitrogens with one attached hydrogen (secondary N) is 2. The first kappa shape index (κ1) is 24.4. The molecule has 9 heteroatoms. The van der Waals surface area contributed by atoms with Gasteiger partial charge < -0.3 is 20.3 Å². The molecule has 0 saturated carbocycles. The zero-order chi connectivity index (χ0) is 23.1. The van der Waals surface area contributed by atoms with Gasteiger partial charge in [-0.15, -0.1) is 0 Å². The monoisotopic (exact) mass is 478 g/mol. The molecule has 3 aliphatic heterocycles. The number of rotatable bonds is 7. The molecular weight excluding hydrogens is 440 g/mol. The Bertz CT molecular complexity index is 844. The van der Waals surface area contributed by atoms with Crippen LogP contribution in [0.3, 0.4) is 0 Å². The summed E-state index contributed by atoms with van der Waals surface area (Å²) in [5.74, 6) is 0.741. The molecule has 3 fully saturated rings. The molecule has 184 valence electrons. The van der Waals surface area contributed by atoms with Gasteiger partial charge in [-0.3, -0.25) is 0 Å². The van der Waals surface area contributed by atoms with E-state index in [1.165, 1.54) is 12.8 Å². The Morgan fingerprint density at radius 3 is 2.30 bits per heavy atom. The van der Waals surface area contributed by atoms with Crippen LogP contribution < -0.4 is 10.6 Å². The second-order valence-electron chi connectivity index (χ2n) is 9.62. The number of nitrogens with zero attached hydrogens (tertiary/aromatic N) is 2. The maximum absolute atomic E-state index is 13.2. The summed E-state index contributed by atoms with van der Waals surface area (Å²) >= 11 is 0. The van der Waals surface area contributed by atoms with E-state index in [0.717, 1.165) is 57.0 Å². The van der Waals surface area contributed by atoms with Crippen molar-refractivity contribution in [2.45, 2.75) is 56.4 Å². The number of carbonyl (C=O) groups is 1. The molecule has 3 heterocycles. The van der Waals surface area contributed by atoms with E-state index >= 15 is 0 Å². The highest BCUT2D eigenvalue weighted by molar-refractivity contribution is 7.89. The summed E-state index contributed by atoms with van der Waals surface area (Å²) in [6.07, 6.45) is 4.68. The molecule has 0 aliphatic carbocycles. The molecule has 1 aromatic rings. The molecule has 0 unspecified atom stereocenters. The summed E-state index contributed by atoms with van der Waals surface area (Å²) in [6, 6.07) is 9.51. The van der Waals surface area contributed by atoms with Crippen molar-refractivity contribution < 1.29 is 17.9 Å². The van der Waals surface area contributed by atoms with Crippen LogP contribution in [-0.2, 0) is 21.4 Å². The van der Waals surface area contributed by atoms with Crippen molar-refractivity contribution in [1.29, 1.82) is 0 Å². The second-order valence-corrected chi connectivity index (χ2v) is 11.8. The van der Waals surface area contributed by atoms with Gasteiger partial charge in [0.1, 0.15) is 6.61 Å². The molecule has 0 spiro atoms. The summed E-state index contributed by atoms with van der Waals surface area (Å²) in [5, 5.41) is 6.02. The maximum atomic E-state index is 13.2. The van der Waals surface area contributed by atoms with Crippen LogP contribution in [0, 0.1) is 5.92 Å². The number of hydrogen-bond acceptors (Lipinski definition) is 6. The quantitative estimate of drug-likeness (QED) is 0.624. The Labute approximate surface area is 198 Å². The van der Waals surface area contributed by atoms with Crippen LogP contribution in [0.5, 0.6) is 0 Å². The van der Waals surface area contributed by atoms with Gasteiger partial charge >= 0.3 is 6.09 Å². The lowest BCUT2D eigenvalue weighted by Crippen LogP contribution is -2.51. The van der Waals surface area contributed by atoms with E-state index in [4.69, 9.17) is 4.74 Å². The fourth-order valence-corrected chi connectivity index (χ4v) is 7.16. The third kappa shape index (κ3) is 6.91. The number of alkyl carbamates (subject to hydrolysis) is 1. The van der Waals surface area contributed by atoms with E-state index in [-0.39, 0.29) is 17.9 Å². The van der Waals surface area contributed by atoms with E-state index < -0.39 is 16.1 Å². The van der Waals surface area contributed by atoms with Gasteiger partial charge in [-0.05, 0) is 76.2 Å². The maximum Gasteiger partial charge on any atom is 0.407 e. The number of carbonyl (C=O) groups excluding carboxylic acids is 1. The van der Waals surface area contributed by atoms with Crippen LogP contribution in [-0.4, -0.2) is 80.8 Å². The molecule has 2 N–H and O–H groups in total. The van der Waals surface area contributed by atoms with Gasteiger partial charge in [-0.25, -0.2) is 17.5 Å². The lowest BCUT2D eigenvalue weighted by Gasteiger charge is -2.38. The van der Waals surface area contributed by atoms with Crippen molar-refractivity contribution in [1.82, 2.24) is 19.8 Å². The lowest BCUT2D eigenvalue weighted by molar-refractivity contribution is 0.131. The molecule has 0 aromatic heterocycles. The summed E-state index contributed by atoms with van der Waals surface area (Å²) in [7, 11) is -3.29. The Morgan fingerprint density at radius 2 is 1.64 bits per heavy atom. The fourth-order valence-electron chi connectivity index (χ4n) is 5.22. The van der Waals surface area contributed by atoms with Gasteiger partial charge in [0.2, 0.25) is 10.0 Å². The Kier molecular flexibility index (Phi) is 8.62. The Hall–Kier alpha value is -1.68. The summed E-state index contributed by atoms with van der Waals surface area (Å²) < 4.78 is 33.4. The van der Waals surface area contributed by atoms with Crippen molar-refractivity contribution in [2.24, 2.45) is 5.92 Å². The van der Waals surface area contributed by atoms with E-state index in [2.05, 4.69) is 15.5 Å². The van der Waals surface area contributed by atoms with E-state index in [1.54, 1.807) is 4.31 Å². The van der Waals surface area contributed by atoms with Crippen LogP contribution in [0.2, 0.25) is 0 Å². The van der Waals surface area contributed by atoms with Crippen LogP contribution in [0.1, 0.15) is 44.1 Å². The summed E-state index contributed by atoms with van der Waals surface area (Å²) in [6.45, 7) is 6.21. The first-order chi connectivity index (χ1) is 16.0. The van der Waals surface area contributed by atoms with Gasteiger partial charge in [0.05, 0.1) is 5.25 Å². The summed E-state index contributed by atoms with van der Waals surface area (Å²) in [5.41, 5.74) is 0.940. The number of hydrogen-bond donors (Lipinski definition) is 2. The standard InChI is InChI=1S/C24H38N4O4S/c29-24(32-19-21-4-2-1-3-5-21)26-22-8-16-28(17-9-22)33(30,31)23-10-14-27(15-11-23)18-20-6-12-25-13-7-20/h1-5,20,22-23,25H,6-19H2,(H,26,29). The van der Waals surface area contributed by atoms with Gasteiger partial charge in [0.15, 0.2) is 0 Å². The molecule has 4 rings (SSSR count). The average Bonchev–Trinajstić information content (AvgIpc) is 2.85. The third-order valence-electron chi connectivity index (χ3n) is 7.28. The molecule has 3 aliphatic rings. The van der Waals surface area contributed by atoms with Gasteiger partial charge in [0.25, 0.3) is 0 Å². The number of sulfonamides is 1. The second kappa shape index (κ2) is 11.6. The number of piperidine rings is 3. The lowest BCUT2D eigenvalue weighted by atomic mass is 9.96. The highest BCUT2D eigenvalue weighted by Crippen LogP contribution is 2.25. The van der Waals surface area contributed by atoms with Crippen LogP contribution in [0.25, 0.3) is 0 Å². The first-order valence-corrected chi connectivity index (χ1v) is 13.9. The highest BCUT2D eigenvalue weighted by atomic mass is 32.2. The Morgan fingerprint density at radius 1 is 0.970 bits per heavy atom. The molecule has 1 amide bonds. The number of likely N-dealkylation sites (tertiary alicyclic amines) is 1. The molecule has 0 bridgehead atoms. The number of benzene rings is 1. The molecule has 8 nitrogen and oxygen atoms in total. The van der Waals surface area contributed by atoms with Crippen LogP contribution in [0.15, 0.2) is 30.3 Å². The van der Waals surface area contributed by atoms with Gasteiger partial charge in [-0.1, -0.05) is 30.3 Å². The third-order valence-corrected chi connectivity index (χ3v) is 9.68. The predicted octanol–water partition coefficient (Wildman–Crippen LogP) is 2.17. The minimum Gasteiger partial charge on any atom is -0.445 e. The SMILES string of the molecule is O=C(NC1CCN(S(=O)(=O)C2CCN(CC3CCNCC3)CC2)CC1)OCc1ccccc1. The minimum absolute atomic E-state index is 0.0495. The van der Waals surface area contributed by atoms with Crippen molar-refractivity contribution >= 4 is 16.1 Å². The minimum atomic E-state index is -3.29.